The second-order valence-electron chi connectivity index (χ2n) is 7.35. The third-order valence-electron chi connectivity index (χ3n) is 5.59. The van der Waals surface area contributed by atoms with E-state index in [0.29, 0.717) is 28.1 Å². The van der Waals surface area contributed by atoms with Gasteiger partial charge in [-0.15, -0.1) is 11.3 Å². The van der Waals surface area contributed by atoms with Crippen LogP contribution in [0.1, 0.15) is 47.9 Å². The monoisotopic (exact) mass is 431 g/mol. The van der Waals surface area contributed by atoms with Crippen LogP contribution in [0.25, 0.3) is 16.6 Å². The van der Waals surface area contributed by atoms with E-state index >= 15 is 0 Å². The van der Waals surface area contributed by atoms with Gasteiger partial charge in [-0.1, -0.05) is 43.3 Å². The zero-order valence-corrected chi connectivity index (χ0v) is 18.7. The lowest BCUT2D eigenvalue weighted by molar-refractivity contribution is 0.0698. The Morgan fingerprint density at radius 1 is 1.06 bits per heavy atom. The number of carbonyl (C=O) groups is 1. The molecule has 5 nitrogen and oxygen atoms in total. The predicted molar refractivity (Wildman–Crippen MR) is 126 cm³/mol. The minimum absolute atomic E-state index is 0.0530. The quantitative estimate of drug-likeness (QED) is 0.420. The minimum atomic E-state index is -0.387. The van der Waals surface area contributed by atoms with Gasteiger partial charge in [-0.05, 0) is 55.5 Å². The number of aromatic nitrogens is 2. The molecule has 0 N–H and O–H groups in total. The summed E-state index contributed by atoms with van der Waals surface area (Å²) in [6.45, 7) is 6.47. The van der Waals surface area contributed by atoms with E-state index in [1.807, 2.05) is 73.8 Å². The van der Waals surface area contributed by atoms with E-state index < -0.39 is 0 Å². The summed E-state index contributed by atoms with van der Waals surface area (Å²) in [6.07, 6.45) is 0.787. The summed E-state index contributed by atoms with van der Waals surface area (Å²) in [6, 6.07) is 18.6. The highest BCUT2D eigenvalue weighted by Gasteiger charge is 2.27. The lowest BCUT2D eigenvalue weighted by Crippen LogP contribution is -2.37. The van der Waals surface area contributed by atoms with Crippen molar-refractivity contribution < 1.29 is 4.79 Å². The average molecular weight is 432 g/mol. The molecule has 158 valence electrons. The van der Waals surface area contributed by atoms with Gasteiger partial charge < -0.3 is 4.90 Å². The molecule has 1 atom stereocenters. The fourth-order valence-corrected chi connectivity index (χ4v) is 4.64. The molecule has 31 heavy (non-hydrogen) atoms. The number of hydrogen-bond donors (Lipinski definition) is 0. The maximum absolute atomic E-state index is 13.7. The van der Waals surface area contributed by atoms with Gasteiger partial charge in [-0.3, -0.25) is 14.2 Å². The number of rotatable bonds is 6. The molecule has 0 aliphatic heterocycles. The van der Waals surface area contributed by atoms with Gasteiger partial charge in [0.15, 0.2) is 0 Å². The molecule has 2 aromatic carbocycles. The van der Waals surface area contributed by atoms with Gasteiger partial charge in [0.05, 0.1) is 27.5 Å². The second-order valence-corrected chi connectivity index (χ2v) is 8.30. The molecule has 0 aliphatic rings. The predicted octanol–water partition coefficient (Wildman–Crippen LogP) is 5.23. The number of fused-ring (bicyclic) bond motifs is 1. The number of aryl methyl sites for hydroxylation is 1. The highest BCUT2D eigenvalue weighted by molar-refractivity contribution is 7.12. The van der Waals surface area contributed by atoms with Gasteiger partial charge in [-0.2, -0.15) is 0 Å². The van der Waals surface area contributed by atoms with Crippen molar-refractivity contribution in [1.29, 1.82) is 0 Å². The van der Waals surface area contributed by atoms with Crippen molar-refractivity contribution in [2.75, 3.05) is 6.54 Å². The first-order valence-corrected chi connectivity index (χ1v) is 11.4. The lowest BCUT2D eigenvalue weighted by Gasteiger charge is -2.29. The zero-order valence-electron chi connectivity index (χ0n) is 17.9. The highest BCUT2D eigenvalue weighted by atomic mass is 32.1. The molecule has 6 heteroatoms. The van der Waals surface area contributed by atoms with Gasteiger partial charge >= 0.3 is 0 Å². The molecule has 0 fully saturated rings. The summed E-state index contributed by atoms with van der Waals surface area (Å²) in [5, 5.41) is 2.46. The summed E-state index contributed by atoms with van der Waals surface area (Å²) in [4.78, 5) is 34.2. The number of carbonyl (C=O) groups excluding carboxylic acids is 1. The first-order valence-electron chi connectivity index (χ1n) is 10.5. The molecule has 2 aromatic heterocycles. The van der Waals surface area contributed by atoms with E-state index in [-0.39, 0.29) is 17.5 Å². The first kappa shape index (κ1) is 21.0. The Balaban J connectivity index is 1.96. The van der Waals surface area contributed by atoms with Crippen LogP contribution in [0.2, 0.25) is 0 Å². The smallest absolute Gasteiger partial charge is 0.266 e. The van der Waals surface area contributed by atoms with E-state index in [4.69, 9.17) is 4.98 Å². The SMILES string of the molecule is CCc1ccccc1-n1c(C(C)N(CC)C(=O)c2cccs2)nc2ccccc2c1=O. The fourth-order valence-electron chi connectivity index (χ4n) is 3.97. The van der Waals surface area contributed by atoms with Crippen LogP contribution in [-0.2, 0) is 6.42 Å². The summed E-state index contributed by atoms with van der Waals surface area (Å²) < 4.78 is 1.69. The number of para-hydroxylation sites is 2. The first-order chi connectivity index (χ1) is 15.1. The number of amides is 1. The van der Waals surface area contributed by atoms with Gasteiger partial charge in [0.25, 0.3) is 11.5 Å². The molecular weight excluding hydrogens is 406 g/mol. The molecule has 0 spiro atoms. The summed E-state index contributed by atoms with van der Waals surface area (Å²) >= 11 is 1.42. The second kappa shape index (κ2) is 8.86. The van der Waals surface area contributed by atoms with Crippen molar-refractivity contribution in [2.45, 2.75) is 33.2 Å². The molecule has 4 rings (SSSR count). The zero-order chi connectivity index (χ0) is 22.0. The minimum Gasteiger partial charge on any atom is -0.328 e. The van der Waals surface area contributed by atoms with Crippen molar-refractivity contribution >= 4 is 28.1 Å². The van der Waals surface area contributed by atoms with Gasteiger partial charge in [0.1, 0.15) is 5.82 Å². The summed E-state index contributed by atoms with van der Waals surface area (Å²) in [7, 11) is 0. The van der Waals surface area contributed by atoms with E-state index in [2.05, 4.69) is 6.92 Å². The van der Waals surface area contributed by atoms with Crippen LogP contribution in [0.4, 0.5) is 0 Å². The van der Waals surface area contributed by atoms with Crippen LogP contribution in [0.5, 0.6) is 0 Å². The van der Waals surface area contributed by atoms with Crippen LogP contribution >= 0.6 is 11.3 Å². The lowest BCUT2D eigenvalue weighted by atomic mass is 10.1. The Kier molecular flexibility index (Phi) is 6.00. The normalized spacial score (nSPS) is 12.1. The van der Waals surface area contributed by atoms with E-state index in [0.717, 1.165) is 17.7 Å². The third kappa shape index (κ3) is 3.79. The van der Waals surface area contributed by atoms with E-state index in [9.17, 15) is 9.59 Å². The molecule has 0 bridgehead atoms. The topological polar surface area (TPSA) is 55.2 Å². The van der Waals surface area contributed by atoms with Crippen molar-refractivity contribution in [2.24, 2.45) is 0 Å². The third-order valence-corrected chi connectivity index (χ3v) is 6.45. The summed E-state index contributed by atoms with van der Waals surface area (Å²) in [5.74, 6) is 0.513. The van der Waals surface area contributed by atoms with Crippen LogP contribution < -0.4 is 5.56 Å². The average Bonchev–Trinajstić information content (AvgIpc) is 3.34. The van der Waals surface area contributed by atoms with Crippen LogP contribution in [0.15, 0.2) is 70.8 Å². The molecule has 0 radical (unpaired) electrons. The fraction of sp³-hybridized carbons (Fsp3) is 0.240. The number of nitrogens with zero attached hydrogens (tertiary/aromatic N) is 3. The number of hydrogen-bond acceptors (Lipinski definition) is 4. The van der Waals surface area contributed by atoms with Crippen molar-refractivity contribution in [3.63, 3.8) is 0 Å². The van der Waals surface area contributed by atoms with Crippen molar-refractivity contribution in [1.82, 2.24) is 14.5 Å². The van der Waals surface area contributed by atoms with E-state index in [1.54, 1.807) is 15.5 Å². The van der Waals surface area contributed by atoms with Gasteiger partial charge in [-0.25, -0.2) is 4.98 Å². The van der Waals surface area contributed by atoms with Gasteiger partial charge in [0.2, 0.25) is 0 Å². The molecule has 1 amide bonds. The Morgan fingerprint density at radius 3 is 2.52 bits per heavy atom. The standard InChI is InChI=1S/C25H25N3O2S/c1-4-18-11-6-9-14-21(18)28-23(26-20-13-8-7-12-19(20)24(28)29)17(3)27(5-2)25(30)22-15-10-16-31-22/h6-17H,4-5H2,1-3H3. The molecule has 2 heterocycles. The van der Waals surface area contributed by atoms with E-state index in [1.165, 1.54) is 11.3 Å². The maximum atomic E-state index is 13.7. The van der Waals surface area contributed by atoms with Crippen LogP contribution in [-0.4, -0.2) is 26.9 Å². The van der Waals surface area contributed by atoms with Gasteiger partial charge in [0, 0.05) is 6.54 Å². The maximum Gasteiger partial charge on any atom is 0.266 e. The Morgan fingerprint density at radius 2 is 1.81 bits per heavy atom. The Bertz CT molecular complexity index is 1280. The van der Waals surface area contributed by atoms with Crippen molar-refractivity contribution in [3.8, 4) is 5.69 Å². The largest absolute Gasteiger partial charge is 0.328 e. The molecular formula is C25H25N3O2S. The molecule has 0 saturated carbocycles. The Hall–Kier alpha value is -3.25. The molecule has 0 saturated heterocycles. The molecule has 1 unspecified atom stereocenters. The summed E-state index contributed by atoms with van der Waals surface area (Å²) in [5.41, 5.74) is 2.39. The van der Waals surface area contributed by atoms with Crippen molar-refractivity contribution in [3.05, 3.63) is 92.7 Å². The molecule has 0 aliphatic carbocycles. The Labute approximate surface area is 185 Å². The molecule has 4 aromatic rings. The number of thiophene rings is 1. The van der Waals surface area contributed by atoms with Crippen LogP contribution in [0, 0.1) is 0 Å². The van der Waals surface area contributed by atoms with Crippen LogP contribution in [0.3, 0.4) is 0 Å². The highest BCUT2D eigenvalue weighted by Crippen LogP contribution is 2.26. The number of benzene rings is 2.